The van der Waals surface area contributed by atoms with Crippen molar-refractivity contribution < 1.29 is 4.52 Å². The number of nitrogens with zero attached hydrogens (tertiary/aromatic N) is 5. The second-order valence-corrected chi connectivity index (χ2v) is 5.13. The average molecular weight is 324 g/mol. The highest BCUT2D eigenvalue weighted by molar-refractivity contribution is 6.33. The van der Waals surface area contributed by atoms with Gasteiger partial charge in [-0.05, 0) is 12.1 Å². The molecule has 0 unspecified atom stereocenters. The fraction of sp³-hybridized carbons (Fsp3) is 0.231. The van der Waals surface area contributed by atoms with Crippen LogP contribution in [-0.2, 0) is 13.0 Å². The Balaban J connectivity index is 1.77. The van der Waals surface area contributed by atoms with Crippen LogP contribution in [0.15, 0.2) is 35.0 Å². The molecule has 0 saturated heterocycles. The lowest BCUT2D eigenvalue weighted by atomic mass is 10.2. The first kappa shape index (κ1) is 14.0. The monoisotopic (exact) mass is 323 g/mol. The van der Waals surface area contributed by atoms with Crippen molar-refractivity contribution >= 4 is 23.2 Å². The Morgan fingerprint density at radius 3 is 2.90 bits per heavy atom. The van der Waals surface area contributed by atoms with Gasteiger partial charge in [-0.15, -0.1) is 16.7 Å². The number of alkyl halides is 1. The van der Waals surface area contributed by atoms with Crippen LogP contribution in [0.5, 0.6) is 0 Å². The first-order chi connectivity index (χ1) is 10.3. The van der Waals surface area contributed by atoms with Gasteiger partial charge in [-0.2, -0.15) is 4.98 Å². The van der Waals surface area contributed by atoms with Gasteiger partial charge in [0.2, 0.25) is 0 Å². The number of aromatic nitrogens is 5. The molecular weight excluding hydrogens is 313 g/mol. The van der Waals surface area contributed by atoms with Gasteiger partial charge in [0.05, 0.1) is 16.3 Å². The summed E-state index contributed by atoms with van der Waals surface area (Å²) in [6, 6.07) is 7.31. The maximum atomic E-state index is 6.10. The van der Waals surface area contributed by atoms with Gasteiger partial charge in [0.15, 0.2) is 5.82 Å². The molecule has 0 N–H and O–H groups in total. The number of halogens is 2. The zero-order chi connectivity index (χ0) is 14.7. The quantitative estimate of drug-likeness (QED) is 0.675. The summed E-state index contributed by atoms with van der Waals surface area (Å²) in [5.41, 5.74) is 1.54. The van der Waals surface area contributed by atoms with Crippen LogP contribution in [-0.4, -0.2) is 31.0 Å². The predicted molar refractivity (Wildman–Crippen MR) is 78.3 cm³/mol. The van der Waals surface area contributed by atoms with Gasteiger partial charge in [0.25, 0.3) is 5.89 Å². The summed E-state index contributed by atoms with van der Waals surface area (Å²) in [5, 5.41) is 12.5. The van der Waals surface area contributed by atoms with Gasteiger partial charge in [-0.25, -0.2) is 4.68 Å². The molecule has 0 amide bonds. The van der Waals surface area contributed by atoms with Crippen molar-refractivity contribution in [3.63, 3.8) is 0 Å². The Bertz CT molecular complexity index is 740. The SMILES string of the molecule is ClCCc1cn(Cc2noc(-c3ccccc3Cl)n2)nn1. The van der Waals surface area contributed by atoms with Crippen LogP contribution in [0.1, 0.15) is 11.5 Å². The molecule has 0 aliphatic carbocycles. The second-order valence-electron chi connectivity index (χ2n) is 4.34. The van der Waals surface area contributed by atoms with Crippen molar-refractivity contribution in [3.8, 4) is 11.5 Å². The maximum Gasteiger partial charge on any atom is 0.259 e. The number of rotatable bonds is 5. The van der Waals surface area contributed by atoms with E-state index in [9.17, 15) is 0 Å². The van der Waals surface area contributed by atoms with Crippen LogP contribution in [0.25, 0.3) is 11.5 Å². The van der Waals surface area contributed by atoms with Gasteiger partial charge in [0, 0.05) is 18.5 Å². The summed E-state index contributed by atoms with van der Waals surface area (Å²) in [5.74, 6) is 1.40. The van der Waals surface area contributed by atoms with E-state index in [1.807, 2.05) is 24.4 Å². The van der Waals surface area contributed by atoms with Crippen molar-refractivity contribution in [1.29, 1.82) is 0 Å². The summed E-state index contributed by atoms with van der Waals surface area (Å²) < 4.78 is 6.87. The number of hydrogen-bond acceptors (Lipinski definition) is 5. The summed E-state index contributed by atoms with van der Waals surface area (Å²) in [6.07, 6.45) is 2.49. The molecular formula is C13H11Cl2N5O. The molecule has 1 aromatic carbocycles. The van der Waals surface area contributed by atoms with Crippen LogP contribution in [0.3, 0.4) is 0 Å². The molecule has 2 aromatic heterocycles. The Morgan fingerprint density at radius 2 is 2.10 bits per heavy atom. The molecule has 0 fully saturated rings. The molecule has 0 saturated carbocycles. The number of aryl methyl sites for hydroxylation is 1. The van der Waals surface area contributed by atoms with Crippen molar-refractivity contribution in [1.82, 2.24) is 25.1 Å². The fourth-order valence-electron chi connectivity index (χ4n) is 1.83. The minimum atomic E-state index is 0.378. The molecule has 2 heterocycles. The van der Waals surface area contributed by atoms with Crippen molar-refractivity contribution in [3.05, 3.63) is 47.0 Å². The second kappa shape index (κ2) is 6.24. The third-order valence-corrected chi connectivity index (χ3v) is 3.33. The van der Waals surface area contributed by atoms with Crippen LogP contribution >= 0.6 is 23.2 Å². The highest BCUT2D eigenvalue weighted by Gasteiger charge is 2.12. The van der Waals surface area contributed by atoms with E-state index in [0.29, 0.717) is 41.1 Å². The van der Waals surface area contributed by atoms with Gasteiger partial charge in [-0.3, -0.25) is 0 Å². The first-order valence-corrected chi connectivity index (χ1v) is 7.20. The largest absolute Gasteiger partial charge is 0.334 e. The van der Waals surface area contributed by atoms with Crippen molar-refractivity contribution in [2.24, 2.45) is 0 Å². The van der Waals surface area contributed by atoms with E-state index in [0.717, 1.165) is 5.69 Å². The lowest BCUT2D eigenvalue weighted by Gasteiger charge is -1.96. The summed E-state index contributed by atoms with van der Waals surface area (Å²) in [4.78, 5) is 4.31. The maximum absolute atomic E-state index is 6.10. The normalized spacial score (nSPS) is 11.0. The molecule has 3 rings (SSSR count). The topological polar surface area (TPSA) is 69.6 Å². The molecule has 3 aromatic rings. The number of benzene rings is 1. The minimum Gasteiger partial charge on any atom is -0.334 e. The van der Waals surface area contributed by atoms with Crippen LogP contribution in [0.2, 0.25) is 5.02 Å². The molecule has 0 spiro atoms. The molecule has 8 heteroatoms. The predicted octanol–water partition coefficient (Wildman–Crippen LogP) is 2.81. The van der Waals surface area contributed by atoms with Crippen LogP contribution < -0.4 is 0 Å². The van der Waals surface area contributed by atoms with E-state index in [1.165, 1.54) is 0 Å². The zero-order valence-electron chi connectivity index (χ0n) is 10.9. The summed E-state index contributed by atoms with van der Waals surface area (Å²) in [6.45, 7) is 0.378. The van der Waals surface area contributed by atoms with E-state index in [2.05, 4.69) is 20.5 Å². The van der Waals surface area contributed by atoms with E-state index < -0.39 is 0 Å². The standard InChI is InChI=1S/C13H11Cl2N5O/c14-6-5-9-7-20(19-17-9)8-12-16-13(21-18-12)10-3-1-2-4-11(10)15/h1-4,7H,5-6,8H2. The fourth-order valence-corrected chi connectivity index (χ4v) is 2.24. The van der Waals surface area contributed by atoms with Crippen LogP contribution in [0, 0.1) is 0 Å². The Labute approximate surface area is 130 Å². The van der Waals surface area contributed by atoms with Crippen molar-refractivity contribution in [2.75, 3.05) is 5.88 Å². The Morgan fingerprint density at radius 1 is 1.24 bits per heavy atom. The van der Waals surface area contributed by atoms with Gasteiger partial charge >= 0.3 is 0 Å². The van der Waals surface area contributed by atoms with E-state index in [-0.39, 0.29) is 0 Å². The smallest absolute Gasteiger partial charge is 0.259 e. The summed E-state index contributed by atoms with van der Waals surface area (Å²) in [7, 11) is 0. The molecule has 0 radical (unpaired) electrons. The molecule has 0 aliphatic rings. The zero-order valence-corrected chi connectivity index (χ0v) is 12.4. The van der Waals surface area contributed by atoms with E-state index in [4.69, 9.17) is 27.7 Å². The van der Waals surface area contributed by atoms with Gasteiger partial charge in [-0.1, -0.05) is 34.1 Å². The summed E-state index contributed by atoms with van der Waals surface area (Å²) >= 11 is 11.8. The molecule has 0 aliphatic heterocycles. The Kier molecular flexibility index (Phi) is 4.17. The highest BCUT2D eigenvalue weighted by atomic mass is 35.5. The van der Waals surface area contributed by atoms with E-state index in [1.54, 1.807) is 10.7 Å². The van der Waals surface area contributed by atoms with Gasteiger partial charge in [0.1, 0.15) is 6.54 Å². The van der Waals surface area contributed by atoms with Crippen molar-refractivity contribution in [2.45, 2.75) is 13.0 Å². The minimum absolute atomic E-state index is 0.378. The number of hydrogen-bond donors (Lipinski definition) is 0. The van der Waals surface area contributed by atoms with E-state index >= 15 is 0 Å². The third kappa shape index (κ3) is 3.22. The molecule has 0 bridgehead atoms. The first-order valence-electron chi connectivity index (χ1n) is 6.28. The Hall–Kier alpha value is -1.92. The molecule has 21 heavy (non-hydrogen) atoms. The van der Waals surface area contributed by atoms with Gasteiger partial charge < -0.3 is 4.52 Å². The molecule has 0 atom stereocenters. The molecule has 108 valence electrons. The highest BCUT2D eigenvalue weighted by Crippen LogP contribution is 2.25. The lowest BCUT2D eigenvalue weighted by molar-refractivity contribution is 0.418. The average Bonchev–Trinajstić information content (AvgIpc) is 3.10. The molecule has 6 nitrogen and oxygen atoms in total. The van der Waals surface area contributed by atoms with Crippen LogP contribution in [0.4, 0.5) is 0 Å². The third-order valence-electron chi connectivity index (χ3n) is 2.81. The lowest BCUT2D eigenvalue weighted by Crippen LogP contribution is -2.02.